The van der Waals surface area contributed by atoms with Crippen LogP contribution in [0.5, 0.6) is 0 Å². The Morgan fingerprint density at radius 2 is 1.62 bits per heavy atom. The van der Waals surface area contributed by atoms with Crippen LogP contribution in [-0.2, 0) is 4.79 Å². The van der Waals surface area contributed by atoms with Crippen LogP contribution >= 0.6 is 0 Å². The number of halogens is 2. The van der Waals surface area contributed by atoms with Gasteiger partial charge in [0.15, 0.2) is 11.6 Å². The lowest BCUT2D eigenvalue weighted by Gasteiger charge is -2.22. The number of imide groups is 1. The topological polar surface area (TPSA) is 90.3 Å². The number of nitrogens with one attached hydrogen (secondary N) is 1. The van der Waals surface area contributed by atoms with Crippen molar-refractivity contribution < 1.29 is 23.2 Å². The van der Waals surface area contributed by atoms with Gasteiger partial charge in [-0.3, -0.25) is 19.3 Å². The van der Waals surface area contributed by atoms with E-state index in [1.165, 1.54) is 19.1 Å². The normalized spacial score (nSPS) is 14.0. The lowest BCUT2D eigenvalue weighted by molar-refractivity contribution is -0.119. The number of rotatable bonds is 3. The summed E-state index contributed by atoms with van der Waals surface area (Å²) in [6, 6.07) is 7.92. The van der Waals surface area contributed by atoms with Gasteiger partial charge >= 0.3 is 0 Å². The maximum Gasteiger partial charge on any atom is 0.262 e. The van der Waals surface area contributed by atoms with Crippen molar-refractivity contribution in [3.05, 3.63) is 64.7 Å². The second-order valence-electron chi connectivity index (χ2n) is 5.62. The zero-order valence-corrected chi connectivity index (χ0v) is 13.4. The predicted molar refractivity (Wildman–Crippen MR) is 86.1 cm³/mol. The largest absolute Gasteiger partial charge is 0.319 e. The third-order valence-corrected chi connectivity index (χ3v) is 4.01. The van der Waals surface area contributed by atoms with Gasteiger partial charge in [0.1, 0.15) is 11.7 Å². The Kier molecular flexibility index (Phi) is 4.22. The van der Waals surface area contributed by atoms with Crippen molar-refractivity contribution in [1.82, 2.24) is 4.90 Å². The zero-order chi connectivity index (χ0) is 19.0. The second kappa shape index (κ2) is 6.37. The van der Waals surface area contributed by atoms with Gasteiger partial charge in [0, 0.05) is 0 Å². The first kappa shape index (κ1) is 17.2. The molecule has 1 atom stereocenters. The number of anilines is 1. The summed E-state index contributed by atoms with van der Waals surface area (Å²) < 4.78 is 27.8. The molecule has 0 aliphatic carbocycles. The quantitative estimate of drug-likeness (QED) is 0.857. The molecule has 1 N–H and O–H groups in total. The maximum atomic E-state index is 13.9. The molecule has 6 nitrogen and oxygen atoms in total. The standard InChI is InChI=1S/C18H11F2N3O3/c1-9(23-17(25)11-4-2-3-5-12(11)18(23)26)16(24)22-15-13(19)6-10(8-21)7-14(15)20/h2-7,9H,1H3,(H,22,24). The van der Waals surface area contributed by atoms with Crippen LogP contribution in [0.3, 0.4) is 0 Å². The third kappa shape index (κ3) is 2.69. The molecular weight excluding hydrogens is 344 g/mol. The van der Waals surface area contributed by atoms with Gasteiger partial charge in [-0.2, -0.15) is 5.26 Å². The Bertz CT molecular complexity index is 939. The van der Waals surface area contributed by atoms with Crippen molar-refractivity contribution in [3.63, 3.8) is 0 Å². The molecule has 0 radical (unpaired) electrons. The average Bonchev–Trinajstić information content (AvgIpc) is 2.88. The van der Waals surface area contributed by atoms with Crippen molar-refractivity contribution >= 4 is 23.4 Å². The van der Waals surface area contributed by atoms with Gasteiger partial charge in [0.2, 0.25) is 5.91 Å². The molecule has 1 heterocycles. The van der Waals surface area contributed by atoms with Crippen LogP contribution in [0.25, 0.3) is 0 Å². The van der Waals surface area contributed by atoms with Crippen LogP contribution < -0.4 is 5.32 Å². The second-order valence-corrected chi connectivity index (χ2v) is 5.62. The molecule has 0 saturated carbocycles. The van der Waals surface area contributed by atoms with E-state index in [0.717, 1.165) is 17.0 Å². The molecule has 8 heteroatoms. The molecule has 0 bridgehead atoms. The summed E-state index contributed by atoms with van der Waals surface area (Å²) in [5.41, 5.74) is -0.676. The van der Waals surface area contributed by atoms with Crippen LogP contribution in [0.2, 0.25) is 0 Å². The van der Waals surface area contributed by atoms with Crippen LogP contribution in [0.15, 0.2) is 36.4 Å². The summed E-state index contributed by atoms with van der Waals surface area (Å²) in [7, 11) is 0. The Hall–Kier alpha value is -3.60. The van der Waals surface area contributed by atoms with E-state index in [0.29, 0.717) is 0 Å². The van der Waals surface area contributed by atoms with Gasteiger partial charge in [0.05, 0.1) is 22.8 Å². The lowest BCUT2D eigenvalue weighted by atomic mass is 10.1. The summed E-state index contributed by atoms with van der Waals surface area (Å²) in [6.07, 6.45) is 0. The number of carbonyl (C=O) groups is 3. The van der Waals surface area contributed by atoms with Crippen molar-refractivity contribution in [2.75, 3.05) is 5.32 Å². The molecule has 0 aromatic heterocycles. The molecular formula is C18H11F2N3O3. The Morgan fingerprint density at radius 3 is 2.08 bits per heavy atom. The minimum absolute atomic E-state index is 0.160. The molecule has 3 rings (SSSR count). The summed E-state index contributed by atoms with van der Waals surface area (Å²) in [4.78, 5) is 37.8. The minimum atomic E-state index is -1.29. The highest BCUT2D eigenvalue weighted by molar-refractivity contribution is 6.23. The molecule has 1 aliphatic heterocycles. The van der Waals surface area contributed by atoms with E-state index in [-0.39, 0.29) is 16.7 Å². The number of fused-ring (bicyclic) bond motifs is 1. The SMILES string of the molecule is CC(C(=O)Nc1c(F)cc(C#N)cc1F)N1C(=O)c2ccccc2C1=O. The maximum absolute atomic E-state index is 13.9. The number of nitrogens with zero attached hydrogens (tertiary/aromatic N) is 2. The molecule has 0 spiro atoms. The first-order chi connectivity index (χ1) is 12.3. The molecule has 130 valence electrons. The summed E-state index contributed by atoms with van der Waals surface area (Å²) >= 11 is 0. The monoisotopic (exact) mass is 355 g/mol. The molecule has 3 amide bonds. The molecule has 2 aromatic rings. The predicted octanol–water partition coefficient (Wildman–Crippen LogP) is 2.46. The van der Waals surface area contributed by atoms with Gasteiger partial charge in [-0.25, -0.2) is 8.78 Å². The minimum Gasteiger partial charge on any atom is -0.319 e. The number of hydrogen-bond acceptors (Lipinski definition) is 4. The van der Waals surface area contributed by atoms with E-state index < -0.39 is 41.1 Å². The van der Waals surface area contributed by atoms with E-state index in [1.807, 2.05) is 5.32 Å². The Morgan fingerprint density at radius 1 is 1.12 bits per heavy atom. The van der Waals surface area contributed by atoms with Crippen LogP contribution in [0.4, 0.5) is 14.5 Å². The van der Waals surface area contributed by atoms with E-state index in [4.69, 9.17) is 5.26 Å². The van der Waals surface area contributed by atoms with E-state index >= 15 is 0 Å². The molecule has 0 fully saturated rings. The Labute approximate surface area is 146 Å². The third-order valence-electron chi connectivity index (χ3n) is 4.01. The van der Waals surface area contributed by atoms with E-state index in [1.54, 1.807) is 18.2 Å². The smallest absolute Gasteiger partial charge is 0.262 e. The number of nitriles is 1. The van der Waals surface area contributed by atoms with Gasteiger partial charge in [-0.05, 0) is 31.2 Å². The molecule has 0 saturated heterocycles. The first-order valence-corrected chi connectivity index (χ1v) is 7.52. The van der Waals surface area contributed by atoms with E-state index in [2.05, 4.69) is 0 Å². The fourth-order valence-corrected chi connectivity index (χ4v) is 2.66. The van der Waals surface area contributed by atoms with Crippen molar-refractivity contribution in [2.45, 2.75) is 13.0 Å². The average molecular weight is 355 g/mol. The first-order valence-electron chi connectivity index (χ1n) is 7.52. The highest BCUT2D eigenvalue weighted by atomic mass is 19.1. The fraction of sp³-hybridized carbons (Fsp3) is 0.111. The number of hydrogen-bond donors (Lipinski definition) is 1. The van der Waals surface area contributed by atoms with E-state index in [9.17, 15) is 23.2 Å². The van der Waals surface area contributed by atoms with Crippen LogP contribution in [0, 0.1) is 23.0 Å². The number of carbonyl (C=O) groups excluding carboxylic acids is 3. The zero-order valence-electron chi connectivity index (χ0n) is 13.4. The van der Waals surface area contributed by atoms with Gasteiger partial charge in [0.25, 0.3) is 11.8 Å². The number of amides is 3. The summed E-state index contributed by atoms with van der Waals surface area (Å²) in [5, 5.41) is 10.7. The van der Waals surface area contributed by atoms with Crippen molar-refractivity contribution in [3.8, 4) is 6.07 Å². The van der Waals surface area contributed by atoms with Crippen molar-refractivity contribution in [1.29, 1.82) is 5.26 Å². The van der Waals surface area contributed by atoms with Crippen LogP contribution in [0.1, 0.15) is 33.2 Å². The lowest BCUT2D eigenvalue weighted by Crippen LogP contribution is -2.45. The summed E-state index contributed by atoms with van der Waals surface area (Å²) in [5.74, 6) is -4.53. The fourth-order valence-electron chi connectivity index (χ4n) is 2.66. The molecule has 26 heavy (non-hydrogen) atoms. The molecule has 2 aromatic carbocycles. The summed E-state index contributed by atoms with van der Waals surface area (Å²) in [6.45, 7) is 1.27. The van der Waals surface area contributed by atoms with Gasteiger partial charge < -0.3 is 5.32 Å². The molecule has 1 aliphatic rings. The van der Waals surface area contributed by atoms with Gasteiger partial charge in [-0.1, -0.05) is 12.1 Å². The highest BCUT2D eigenvalue weighted by Crippen LogP contribution is 2.26. The number of benzene rings is 2. The highest BCUT2D eigenvalue weighted by Gasteiger charge is 2.40. The Balaban J connectivity index is 1.85. The van der Waals surface area contributed by atoms with Crippen molar-refractivity contribution in [2.24, 2.45) is 0 Å². The van der Waals surface area contributed by atoms with Crippen LogP contribution in [-0.4, -0.2) is 28.7 Å². The molecule has 1 unspecified atom stereocenters. The van der Waals surface area contributed by atoms with Gasteiger partial charge in [-0.15, -0.1) is 0 Å².